The highest BCUT2D eigenvalue weighted by Crippen LogP contribution is 2.08. The molecule has 0 heterocycles. The molecule has 0 aromatic heterocycles. The van der Waals surface area contributed by atoms with Crippen molar-refractivity contribution in [3.8, 4) is 0 Å². The SMILES string of the molecule is CC/C=C\C/C=C\C/C=C\C/C=C\C/C=C\C/C=C\CCCCC(=O)OC(COC(=O)C/C=C\C/C=C\C/C=C\C/C=C\C/C=C\CC)COC(OCC[N+](C)(C)C)C(=O)[O-]. The Morgan fingerprint density at radius 2 is 0.918 bits per heavy atom. The van der Waals surface area contributed by atoms with Crippen molar-refractivity contribution >= 4 is 17.9 Å². The van der Waals surface area contributed by atoms with E-state index in [1.54, 1.807) is 6.08 Å². The van der Waals surface area contributed by atoms with E-state index in [1.165, 1.54) is 0 Å². The molecule has 0 aliphatic rings. The van der Waals surface area contributed by atoms with Crippen molar-refractivity contribution in [2.24, 2.45) is 0 Å². The number of ether oxygens (including phenoxy) is 4. The number of likely N-dealkylation sites (N-methyl/N-ethyl adjacent to an activating group) is 1. The van der Waals surface area contributed by atoms with E-state index >= 15 is 0 Å². The van der Waals surface area contributed by atoms with Crippen LogP contribution in [0.2, 0.25) is 0 Å². The third kappa shape index (κ3) is 43.3. The highest BCUT2D eigenvalue weighted by Gasteiger charge is 2.21. The first-order valence-corrected chi connectivity index (χ1v) is 22.3. The summed E-state index contributed by atoms with van der Waals surface area (Å²) in [6.45, 7) is 4.29. The normalized spacial score (nSPS) is 14.2. The average molecular weight is 846 g/mol. The molecule has 2 unspecified atom stereocenters. The minimum Gasteiger partial charge on any atom is -0.545 e. The van der Waals surface area contributed by atoms with Crippen molar-refractivity contribution < 1.29 is 42.9 Å². The fraction of sp³-hybridized carbons (Fsp3) is 0.519. The molecule has 2 atom stereocenters. The summed E-state index contributed by atoms with van der Waals surface area (Å²) in [6.07, 6.45) is 56.6. The summed E-state index contributed by atoms with van der Waals surface area (Å²) in [7, 11) is 5.85. The topological polar surface area (TPSA) is 111 Å². The lowest BCUT2D eigenvalue weighted by Gasteiger charge is -2.26. The number of allylic oxidation sites excluding steroid dienone is 21. The maximum Gasteiger partial charge on any atom is 0.309 e. The van der Waals surface area contributed by atoms with Gasteiger partial charge in [-0.05, 0) is 89.9 Å². The number of carbonyl (C=O) groups excluding carboxylic acids is 3. The van der Waals surface area contributed by atoms with Gasteiger partial charge in [-0.3, -0.25) is 9.59 Å². The van der Waals surface area contributed by atoms with Gasteiger partial charge in [-0.1, -0.05) is 148 Å². The average Bonchev–Trinajstić information content (AvgIpc) is 3.22. The molecule has 9 nitrogen and oxygen atoms in total. The molecule has 0 radical (unpaired) electrons. The Hall–Kier alpha value is -4.57. The standard InChI is InChI=1S/C52H79NO8/c1-6-8-10-12-14-16-18-20-22-23-24-25-26-27-29-31-33-35-37-39-41-43-50(55)61-48(47-60-52(51(56)57)58-45-44-53(3,4)5)46-59-49(54)42-40-38-36-34-32-30-28-21-19-17-15-13-11-9-7-2/h8-11,14-17,20-22,24-25,27-29,32-35,38,40,48,52H,6-7,12-13,18-19,23,26,30-31,36-37,39,41-47H2,1-5H3/b10-8-,11-9-,16-14-,17-15-,22-20-,25-24-,28-21-,29-27-,34-32-,35-33-,40-38-. The second-order valence-electron chi connectivity index (χ2n) is 15.2. The predicted octanol–water partition coefficient (Wildman–Crippen LogP) is 10.7. The van der Waals surface area contributed by atoms with Gasteiger partial charge in [0.2, 0.25) is 0 Å². The van der Waals surface area contributed by atoms with Crippen molar-refractivity contribution in [2.45, 2.75) is 129 Å². The van der Waals surface area contributed by atoms with Crippen LogP contribution >= 0.6 is 0 Å². The number of unbranched alkanes of at least 4 members (excludes halogenated alkanes) is 2. The van der Waals surface area contributed by atoms with Crippen LogP contribution < -0.4 is 5.11 Å². The molecule has 0 amide bonds. The number of carboxylic acids is 1. The Balaban J connectivity index is 4.68. The van der Waals surface area contributed by atoms with Gasteiger partial charge in [-0.2, -0.15) is 0 Å². The lowest BCUT2D eigenvalue weighted by Crippen LogP contribution is -2.44. The highest BCUT2D eigenvalue weighted by atomic mass is 16.7. The molecular formula is C52H79NO8. The second kappa shape index (κ2) is 42.1. The first-order chi connectivity index (χ1) is 29.6. The van der Waals surface area contributed by atoms with Gasteiger partial charge in [0.1, 0.15) is 13.2 Å². The lowest BCUT2D eigenvalue weighted by molar-refractivity contribution is -0.870. The Morgan fingerprint density at radius 3 is 1.33 bits per heavy atom. The van der Waals surface area contributed by atoms with Gasteiger partial charge in [-0.15, -0.1) is 0 Å². The molecule has 340 valence electrons. The summed E-state index contributed by atoms with van der Waals surface area (Å²) >= 11 is 0. The fourth-order valence-electron chi connectivity index (χ4n) is 5.02. The molecule has 0 bridgehead atoms. The van der Waals surface area contributed by atoms with E-state index in [0.717, 1.165) is 77.0 Å². The van der Waals surface area contributed by atoms with Crippen molar-refractivity contribution in [2.75, 3.05) is 47.5 Å². The number of quaternary nitrogens is 1. The molecule has 0 aliphatic carbocycles. The van der Waals surface area contributed by atoms with E-state index in [1.807, 2.05) is 33.3 Å². The van der Waals surface area contributed by atoms with Crippen molar-refractivity contribution in [1.82, 2.24) is 0 Å². The number of aliphatic carboxylic acids is 1. The maximum absolute atomic E-state index is 12.7. The summed E-state index contributed by atoms with van der Waals surface area (Å²) in [5, 5.41) is 11.7. The van der Waals surface area contributed by atoms with Crippen LogP contribution in [0.5, 0.6) is 0 Å². The van der Waals surface area contributed by atoms with Crippen LogP contribution in [-0.2, 0) is 33.3 Å². The molecule has 0 saturated carbocycles. The van der Waals surface area contributed by atoms with Crippen LogP contribution in [0, 0.1) is 0 Å². The molecule has 0 aromatic carbocycles. The summed E-state index contributed by atoms with van der Waals surface area (Å²) in [5.74, 6) is -2.54. The zero-order valence-electron chi connectivity index (χ0n) is 38.2. The van der Waals surface area contributed by atoms with Gasteiger partial charge in [0.25, 0.3) is 0 Å². The lowest BCUT2D eigenvalue weighted by atomic mass is 10.2. The predicted molar refractivity (Wildman–Crippen MR) is 250 cm³/mol. The van der Waals surface area contributed by atoms with Gasteiger partial charge in [0.05, 0.1) is 46.7 Å². The molecule has 0 N–H and O–H groups in total. The molecule has 0 spiro atoms. The molecule has 0 rings (SSSR count). The van der Waals surface area contributed by atoms with Crippen LogP contribution in [0.3, 0.4) is 0 Å². The molecule has 0 fully saturated rings. The van der Waals surface area contributed by atoms with Crippen LogP contribution in [0.25, 0.3) is 0 Å². The number of carbonyl (C=O) groups is 3. The second-order valence-corrected chi connectivity index (χ2v) is 15.2. The van der Waals surface area contributed by atoms with E-state index in [-0.39, 0.29) is 32.7 Å². The monoisotopic (exact) mass is 846 g/mol. The number of hydrogen-bond acceptors (Lipinski definition) is 8. The Labute approximate surface area is 369 Å². The number of carboxylic acid groups (broad SMARTS) is 1. The number of esters is 2. The first kappa shape index (κ1) is 56.4. The fourth-order valence-corrected chi connectivity index (χ4v) is 5.02. The van der Waals surface area contributed by atoms with E-state index in [4.69, 9.17) is 18.9 Å². The summed E-state index contributed by atoms with van der Waals surface area (Å²) in [5.41, 5.74) is 0. The zero-order chi connectivity index (χ0) is 44.9. The first-order valence-electron chi connectivity index (χ1n) is 22.3. The summed E-state index contributed by atoms with van der Waals surface area (Å²) < 4.78 is 22.3. The van der Waals surface area contributed by atoms with Crippen molar-refractivity contribution in [3.05, 3.63) is 134 Å². The third-order valence-corrected chi connectivity index (χ3v) is 8.43. The summed E-state index contributed by atoms with van der Waals surface area (Å²) in [6, 6.07) is 0. The maximum atomic E-state index is 12.7. The van der Waals surface area contributed by atoms with Crippen molar-refractivity contribution in [1.29, 1.82) is 0 Å². The number of hydrogen-bond donors (Lipinski definition) is 0. The van der Waals surface area contributed by atoms with Crippen LogP contribution in [-0.4, -0.2) is 82.3 Å². The van der Waals surface area contributed by atoms with Crippen LogP contribution in [0.15, 0.2) is 134 Å². The van der Waals surface area contributed by atoms with E-state index in [9.17, 15) is 19.5 Å². The smallest absolute Gasteiger partial charge is 0.309 e. The minimum absolute atomic E-state index is 0.0411. The quantitative estimate of drug-likeness (QED) is 0.0199. The zero-order valence-corrected chi connectivity index (χ0v) is 38.2. The van der Waals surface area contributed by atoms with Gasteiger partial charge in [0.15, 0.2) is 12.4 Å². The molecule has 61 heavy (non-hydrogen) atoms. The third-order valence-electron chi connectivity index (χ3n) is 8.43. The van der Waals surface area contributed by atoms with Gasteiger partial charge < -0.3 is 33.3 Å². The number of rotatable bonds is 38. The molecular weight excluding hydrogens is 767 g/mol. The van der Waals surface area contributed by atoms with E-state index in [0.29, 0.717) is 23.9 Å². The van der Waals surface area contributed by atoms with Crippen LogP contribution in [0.4, 0.5) is 0 Å². The van der Waals surface area contributed by atoms with E-state index < -0.39 is 30.3 Å². The Bertz CT molecular complexity index is 1450. The van der Waals surface area contributed by atoms with Gasteiger partial charge >= 0.3 is 11.9 Å². The highest BCUT2D eigenvalue weighted by molar-refractivity contribution is 5.71. The largest absolute Gasteiger partial charge is 0.545 e. The number of nitrogens with zero attached hydrogens (tertiary/aromatic N) is 1. The van der Waals surface area contributed by atoms with Gasteiger partial charge in [-0.25, -0.2) is 0 Å². The Morgan fingerprint density at radius 1 is 0.508 bits per heavy atom. The van der Waals surface area contributed by atoms with Gasteiger partial charge in [0, 0.05) is 6.42 Å². The van der Waals surface area contributed by atoms with Crippen LogP contribution in [0.1, 0.15) is 117 Å². The molecule has 0 aromatic rings. The van der Waals surface area contributed by atoms with E-state index in [2.05, 4.69) is 129 Å². The Kier molecular flexibility index (Phi) is 39.0. The molecule has 9 heteroatoms. The molecule has 0 saturated heterocycles. The minimum atomic E-state index is -1.66. The summed E-state index contributed by atoms with van der Waals surface area (Å²) in [4.78, 5) is 36.9. The van der Waals surface area contributed by atoms with Crippen molar-refractivity contribution in [3.63, 3.8) is 0 Å². The molecule has 0 aliphatic heterocycles.